The Hall–Kier alpha value is -3.07. The monoisotopic (exact) mass is 457 g/mol. The third-order valence-electron chi connectivity index (χ3n) is 4.99. The van der Waals surface area contributed by atoms with E-state index in [1.54, 1.807) is 36.6 Å². The van der Waals surface area contributed by atoms with E-state index >= 15 is 0 Å². The fourth-order valence-corrected chi connectivity index (χ4v) is 6.19. The summed E-state index contributed by atoms with van der Waals surface area (Å²) < 4.78 is 32.8. The molecule has 1 N–H and O–H groups in total. The number of rotatable bonds is 5. The van der Waals surface area contributed by atoms with Gasteiger partial charge in [0.05, 0.1) is 17.6 Å². The number of sulfonamides is 1. The molecule has 11 heteroatoms. The number of amides is 1. The molecular formula is C20H19N5O4S2. The Balaban J connectivity index is 1.46. The van der Waals surface area contributed by atoms with E-state index < -0.39 is 15.9 Å². The second-order valence-electron chi connectivity index (χ2n) is 7.17. The molecule has 1 fully saturated rings. The van der Waals surface area contributed by atoms with Crippen LogP contribution in [-0.2, 0) is 14.8 Å². The van der Waals surface area contributed by atoms with E-state index in [-0.39, 0.29) is 16.7 Å². The van der Waals surface area contributed by atoms with Crippen molar-refractivity contribution < 1.29 is 17.7 Å². The Bertz CT molecular complexity index is 1240. The molecule has 1 saturated heterocycles. The van der Waals surface area contributed by atoms with Gasteiger partial charge in [0.2, 0.25) is 17.6 Å². The fraction of sp³-hybridized carbons (Fsp3) is 0.300. The van der Waals surface area contributed by atoms with Crippen LogP contribution in [-0.4, -0.2) is 41.9 Å². The van der Waals surface area contributed by atoms with Gasteiger partial charge in [-0.05, 0) is 43.2 Å². The minimum atomic E-state index is -3.74. The highest BCUT2D eigenvalue weighted by Gasteiger charge is 2.34. The third-order valence-corrected chi connectivity index (χ3v) is 8.27. The number of piperidine rings is 1. The van der Waals surface area contributed by atoms with Gasteiger partial charge in [0, 0.05) is 36.6 Å². The SMILES string of the molecule is Cc1nc(-c2csc(S(=O)(=O)N3CCC[C@H](C(=O)Nc4ccc(C#N)cc4)C3)c2)no1. The predicted octanol–water partition coefficient (Wildman–Crippen LogP) is 3.02. The number of carbonyl (C=O) groups is 1. The van der Waals surface area contributed by atoms with Crippen LogP contribution >= 0.6 is 11.3 Å². The smallest absolute Gasteiger partial charge is 0.252 e. The maximum atomic E-state index is 13.1. The lowest BCUT2D eigenvalue weighted by atomic mass is 9.98. The zero-order valence-electron chi connectivity index (χ0n) is 16.6. The second-order valence-corrected chi connectivity index (χ2v) is 10.2. The van der Waals surface area contributed by atoms with E-state index in [0.29, 0.717) is 47.9 Å². The molecule has 3 heterocycles. The first-order valence-electron chi connectivity index (χ1n) is 9.57. The van der Waals surface area contributed by atoms with Crippen LogP contribution in [0, 0.1) is 24.2 Å². The molecule has 1 amide bonds. The molecule has 0 bridgehead atoms. The first-order chi connectivity index (χ1) is 14.9. The second kappa shape index (κ2) is 8.58. The average Bonchev–Trinajstić information content (AvgIpc) is 3.44. The number of aromatic nitrogens is 2. The molecule has 4 rings (SSSR count). The van der Waals surface area contributed by atoms with Crippen LogP contribution in [0.4, 0.5) is 5.69 Å². The van der Waals surface area contributed by atoms with Gasteiger partial charge >= 0.3 is 0 Å². The summed E-state index contributed by atoms with van der Waals surface area (Å²) in [7, 11) is -3.74. The molecule has 31 heavy (non-hydrogen) atoms. The Morgan fingerprint density at radius 3 is 2.81 bits per heavy atom. The number of nitrogens with one attached hydrogen (secondary N) is 1. The molecule has 2 aromatic heterocycles. The molecule has 160 valence electrons. The average molecular weight is 458 g/mol. The van der Waals surface area contributed by atoms with Gasteiger partial charge in [0.25, 0.3) is 10.0 Å². The maximum Gasteiger partial charge on any atom is 0.252 e. The van der Waals surface area contributed by atoms with Crippen molar-refractivity contribution in [2.45, 2.75) is 24.0 Å². The molecule has 0 aliphatic carbocycles. The van der Waals surface area contributed by atoms with E-state index in [2.05, 4.69) is 15.5 Å². The van der Waals surface area contributed by atoms with Crippen molar-refractivity contribution in [1.82, 2.24) is 14.4 Å². The molecular weight excluding hydrogens is 438 g/mol. The van der Waals surface area contributed by atoms with Gasteiger partial charge in [-0.25, -0.2) is 8.42 Å². The molecule has 1 aliphatic rings. The van der Waals surface area contributed by atoms with Gasteiger partial charge in [0.15, 0.2) is 0 Å². The number of aryl methyl sites for hydroxylation is 1. The summed E-state index contributed by atoms with van der Waals surface area (Å²) in [5.41, 5.74) is 1.65. The van der Waals surface area contributed by atoms with Gasteiger partial charge < -0.3 is 9.84 Å². The minimum Gasteiger partial charge on any atom is -0.339 e. The van der Waals surface area contributed by atoms with E-state index in [1.165, 1.54) is 10.4 Å². The number of nitrogens with zero attached hydrogens (tertiary/aromatic N) is 4. The highest BCUT2D eigenvalue weighted by atomic mass is 32.2. The van der Waals surface area contributed by atoms with Crippen molar-refractivity contribution in [3.63, 3.8) is 0 Å². The lowest BCUT2D eigenvalue weighted by molar-refractivity contribution is -0.120. The quantitative estimate of drug-likeness (QED) is 0.623. The predicted molar refractivity (Wildman–Crippen MR) is 114 cm³/mol. The lowest BCUT2D eigenvalue weighted by Gasteiger charge is -2.30. The Morgan fingerprint density at radius 1 is 1.35 bits per heavy atom. The number of nitriles is 1. The Kier molecular flexibility index (Phi) is 5.86. The first kappa shape index (κ1) is 21.2. The van der Waals surface area contributed by atoms with Gasteiger partial charge in [-0.1, -0.05) is 5.16 Å². The molecule has 0 spiro atoms. The maximum absolute atomic E-state index is 13.1. The normalized spacial score (nSPS) is 17.2. The zero-order chi connectivity index (χ0) is 22.0. The van der Waals surface area contributed by atoms with Crippen molar-refractivity contribution in [3.8, 4) is 17.5 Å². The number of benzene rings is 1. The summed E-state index contributed by atoms with van der Waals surface area (Å²) in [6.45, 7) is 2.13. The standard InChI is InChI=1S/C20H19N5O4S2/c1-13-22-19(24-29-13)16-9-18(30-12-16)31(27,28)25-8-2-3-15(11-25)20(26)23-17-6-4-14(10-21)5-7-17/h4-7,9,12,15H,2-3,8,11H2,1H3,(H,23,26)/t15-/m0/s1. The van der Waals surface area contributed by atoms with Gasteiger partial charge in [-0.15, -0.1) is 11.3 Å². The van der Waals surface area contributed by atoms with Gasteiger partial charge in [-0.2, -0.15) is 14.6 Å². The topological polar surface area (TPSA) is 129 Å². The van der Waals surface area contributed by atoms with Crippen molar-refractivity contribution in [2.24, 2.45) is 5.92 Å². The van der Waals surface area contributed by atoms with Crippen molar-refractivity contribution in [3.05, 3.63) is 47.2 Å². The highest BCUT2D eigenvalue weighted by molar-refractivity contribution is 7.91. The summed E-state index contributed by atoms with van der Waals surface area (Å²) in [6, 6.07) is 10.1. The molecule has 9 nitrogen and oxygen atoms in total. The molecule has 0 unspecified atom stereocenters. The van der Waals surface area contributed by atoms with E-state index in [4.69, 9.17) is 9.78 Å². The number of thiophene rings is 1. The zero-order valence-corrected chi connectivity index (χ0v) is 18.2. The number of hydrogen-bond acceptors (Lipinski definition) is 8. The minimum absolute atomic E-state index is 0.110. The van der Waals surface area contributed by atoms with Crippen molar-refractivity contribution in [2.75, 3.05) is 18.4 Å². The molecule has 1 atom stereocenters. The Morgan fingerprint density at radius 2 is 2.13 bits per heavy atom. The number of anilines is 1. The summed E-state index contributed by atoms with van der Waals surface area (Å²) in [4.78, 5) is 16.8. The van der Waals surface area contributed by atoms with E-state index in [1.807, 2.05) is 6.07 Å². The van der Waals surface area contributed by atoms with Crippen LogP contribution in [0.2, 0.25) is 0 Å². The molecule has 1 aliphatic heterocycles. The molecule has 1 aromatic carbocycles. The number of carbonyl (C=O) groups excluding carboxylic acids is 1. The number of hydrogen-bond donors (Lipinski definition) is 1. The van der Waals surface area contributed by atoms with Crippen molar-refractivity contribution in [1.29, 1.82) is 5.26 Å². The Labute approximate surface area is 183 Å². The summed E-state index contributed by atoms with van der Waals surface area (Å²) >= 11 is 1.09. The first-order valence-corrected chi connectivity index (χ1v) is 11.9. The van der Waals surface area contributed by atoms with Crippen molar-refractivity contribution >= 4 is 33.0 Å². The van der Waals surface area contributed by atoms with Crippen LogP contribution in [0.1, 0.15) is 24.3 Å². The van der Waals surface area contributed by atoms with Crippen LogP contribution in [0.15, 0.2) is 44.4 Å². The van der Waals surface area contributed by atoms with E-state index in [9.17, 15) is 13.2 Å². The van der Waals surface area contributed by atoms with E-state index in [0.717, 1.165) is 11.3 Å². The van der Waals surface area contributed by atoms with Gasteiger partial charge in [-0.3, -0.25) is 4.79 Å². The lowest BCUT2D eigenvalue weighted by Crippen LogP contribution is -2.43. The summed E-state index contributed by atoms with van der Waals surface area (Å²) in [6.07, 6.45) is 1.19. The summed E-state index contributed by atoms with van der Waals surface area (Å²) in [5.74, 6) is 0.0449. The largest absolute Gasteiger partial charge is 0.339 e. The van der Waals surface area contributed by atoms with Crippen LogP contribution in [0.25, 0.3) is 11.4 Å². The third kappa shape index (κ3) is 4.51. The highest BCUT2D eigenvalue weighted by Crippen LogP contribution is 2.31. The van der Waals surface area contributed by atoms with Crippen LogP contribution in [0.3, 0.4) is 0 Å². The molecule has 3 aromatic rings. The molecule has 0 saturated carbocycles. The fourth-order valence-electron chi connectivity index (χ4n) is 3.36. The molecule has 0 radical (unpaired) electrons. The van der Waals surface area contributed by atoms with Crippen LogP contribution < -0.4 is 5.32 Å². The van der Waals surface area contributed by atoms with Crippen LogP contribution in [0.5, 0.6) is 0 Å². The van der Waals surface area contributed by atoms with Gasteiger partial charge in [0.1, 0.15) is 4.21 Å². The summed E-state index contributed by atoms with van der Waals surface area (Å²) in [5, 5.41) is 17.2.